The van der Waals surface area contributed by atoms with Crippen molar-refractivity contribution in [1.82, 2.24) is 5.32 Å². The molecule has 0 aliphatic heterocycles. The lowest BCUT2D eigenvalue weighted by atomic mass is 10.1. The van der Waals surface area contributed by atoms with Gasteiger partial charge in [-0.2, -0.15) is 0 Å². The first-order valence-electron chi connectivity index (χ1n) is 22.0. The van der Waals surface area contributed by atoms with Crippen molar-refractivity contribution < 1.29 is 15.0 Å². The molecule has 0 saturated carbocycles. The van der Waals surface area contributed by atoms with Crippen LogP contribution in [0.5, 0.6) is 0 Å². The molecule has 1 amide bonds. The Morgan fingerprint density at radius 1 is 0.472 bits per heavy atom. The smallest absolute Gasteiger partial charge is 0.220 e. The molecule has 2 atom stereocenters. The maximum atomic E-state index is 12.4. The normalized spacial score (nSPS) is 14.0. The fourth-order valence-corrected chi connectivity index (χ4v) is 5.94. The molecule has 4 nitrogen and oxygen atoms in total. The van der Waals surface area contributed by atoms with Gasteiger partial charge < -0.3 is 15.5 Å². The van der Waals surface area contributed by atoms with Crippen molar-refractivity contribution in [2.45, 2.75) is 199 Å². The summed E-state index contributed by atoms with van der Waals surface area (Å²) in [4.78, 5) is 12.4. The fourth-order valence-electron chi connectivity index (χ4n) is 5.94. The molecule has 0 saturated heterocycles. The Labute approximate surface area is 328 Å². The van der Waals surface area contributed by atoms with Crippen LogP contribution in [0.1, 0.15) is 187 Å². The third kappa shape index (κ3) is 40.3. The van der Waals surface area contributed by atoms with E-state index in [0.29, 0.717) is 6.42 Å². The second kappa shape index (κ2) is 43.7. The molecule has 0 aromatic rings. The number of hydrogen-bond donors (Lipinski definition) is 3. The topological polar surface area (TPSA) is 69.6 Å². The van der Waals surface area contributed by atoms with Gasteiger partial charge in [-0.05, 0) is 89.9 Å². The number of nitrogens with one attached hydrogen (secondary N) is 1. The van der Waals surface area contributed by atoms with E-state index in [1.54, 1.807) is 6.08 Å². The molecule has 3 N–H and O–H groups in total. The monoisotopic (exact) mass is 734 g/mol. The van der Waals surface area contributed by atoms with Gasteiger partial charge in [0.25, 0.3) is 0 Å². The number of unbranched alkanes of at least 4 members (excludes halogenated alkanes) is 17. The Hall–Kier alpha value is -2.69. The molecule has 0 aromatic carbocycles. The van der Waals surface area contributed by atoms with Gasteiger partial charge in [0.05, 0.1) is 18.8 Å². The predicted octanol–water partition coefficient (Wildman–Crippen LogP) is 13.8. The quantitative estimate of drug-likeness (QED) is 0.0437. The molecule has 53 heavy (non-hydrogen) atoms. The van der Waals surface area contributed by atoms with E-state index in [1.807, 2.05) is 6.08 Å². The average Bonchev–Trinajstić information content (AvgIpc) is 3.16. The molecule has 0 bridgehead atoms. The largest absolute Gasteiger partial charge is 0.394 e. The first-order valence-corrected chi connectivity index (χ1v) is 22.0. The second-order valence-corrected chi connectivity index (χ2v) is 14.4. The third-order valence-corrected chi connectivity index (χ3v) is 9.28. The zero-order chi connectivity index (χ0) is 38.6. The fraction of sp³-hybridized carbons (Fsp3) is 0.653. The molecule has 0 aromatic heterocycles. The maximum Gasteiger partial charge on any atom is 0.220 e. The van der Waals surface area contributed by atoms with Crippen LogP contribution < -0.4 is 5.32 Å². The first-order chi connectivity index (χ1) is 26.2. The summed E-state index contributed by atoms with van der Waals surface area (Å²) in [5.41, 5.74) is 0. The lowest BCUT2D eigenvalue weighted by Gasteiger charge is -2.19. The number of hydrogen-bond acceptors (Lipinski definition) is 3. The van der Waals surface area contributed by atoms with Crippen LogP contribution in [0.4, 0.5) is 0 Å². The molecule has 302 valence electrons. The zero-order valence-corrected chi connectivity index (χ0v) is 34.5. The molecule has 0 heterocycles. The number of allylic oxidation sites excluding steroid dienone is 15. The average molecular weight is 734 g/mol. The lowest BCUT2D eigenvalue weighted by Crippen LogP contribution is -2.45. The van der Waals surface area contributed by atoms with Gasteiger partial charge in [-0.3, -0.25) is 4.79 Å². The van der Waals surface area contributed by atoms with E-state index < -0.39 is 12.1 Å². The molecular weight excluding hydrogens is 651 g/mol. The van der Waals surface area contributed by atoms with Crippen molar-refractivity contribution in [1.29, 1.82) is 0 Å². The Bertz CT molecular complexity index is 1010. The maximum absolute atomic E-state index is 12.4. The van der Waals surface area contributed by atoms with Crippen molar-refractivity contribution in [2.24, 2.45) is 0 Å². The van der Waals surface area contributed by atoms with Crippen molar-refractivity contribution in [3.8, 4) is 0 Å². The molecule has 0 radical (unpaired) electrons. The first kappa shape index (κ1) is 50.3. The van der Waals surface area contributed by atoms with Crippen LogP contribution in [-0.2, 0) is 4.79 Å². The second-order valence-electron chi connectivity index (χ2n) is 14.4. The number of aliphatic hydroxyl groups is 2. The highest BCUT2D eigenvalue weighted by molar-refractivity contribution is 5.76. The molecule has 4 heteroatoms. The van der Waals surface area contributed by atoms with Gasteiger partial charge in [0.2, 0.25) is 5.91 Å². The van der Waals surface area contributed by atoms with Gasteiger partial charge in [0, 0.05) is 6.42 Å². The summed E-state index contributed by atoms with van der Waals surface area (Å²) in [7, 11) is 0. The number of amides is 1. The van der Waals surface area contributed by atoms with Crippen LogP contribution in [0.25, 0.3) is 0 Å². The van der Waals surface area contributed by atoms with Crippen molar-refractivity contribution in [3.05, 3.63) is 97.2 Å². The van der Waals surface area contributed by atoms with Crippen LogP contribution in [0.2, 0.25) is 0 Å². The summed E-state index contributed by atoms with van der Waals surface area (Å²) in [5.74, 6) is -0.101. The molecule has 0 rings (SSSR count). The molecule has 0 aliphatic carbocycles. The Morgan fingerprint density at radius 3 is 1.32 bits per heavy atom. The minimum Gasteiger partial charge on any atom is -0.394 e. The van der Waals surface area contributed by atoms with Crippen molar-refractivity contribution in [3.63, 3.8) is 0 Å². The van der Waals surface area contributed by atoms with Crippen LogP contribution in [0, 0.1) is 0 Å². The SMILES string of the molecule is CC/C=C\C/C=C\C/C=C\C/C=C\C/C=C\CCCCCCCC(=O)NC(CO)C(O)/C=C/CC/C=C/CC/C=C/CCCCCCCCCCCC. The number of rotatable bonds is 38. The summed E-state index contributed by atoms with van der Waals surface area (Å²) in [6.45, 7) is 4.16. The van der Waals surface area contributed by atoms with E-state index in [9.17, 15) is 15.0 Å². The summed E-state index contributed by atoms with van der Waals surface area (Å²) in [5, 5.41) is 23.0. The van der Waals surface area contributed by atoms with Gasteiger partial charge in [-0.15, -0.1) is 0 Å². The minimum atomic E-state index is -0.885. The highest BCUT2D eigenvalue weighted by Crippen LogP contribution is 2.12. The summed E-state index contributed by atoms with van der Waals surface area (Å²) >= 11 is 0. The number of carbonyl (C=O) groups excluding carboxylic acids is 1. The molecular formula is C49H83NO3. The van der Waals surface area contributed by atoms with E-state index in [2.05, 4.69) is 104 Å². The lowest BCUT2D eigenvalue weighted by molar-refractivity contribution is -0.123. The van der Waals surface area contributed by atoms with Crippen molar-refractivity contribution >= 4 is 5.91 Å². The Morgan fingerprint density at radius 2 is 0.849 bits per heavy atom. The van der Waals surface area contributed by atoms with Gasteiger partial charge in [-0.1, -0.05) is 188 Å². The summed E-state index contributed by atoms with van der Waals surface area (Å²) < 4.78 is 0. The third-order valence-electron chi connectivity index (χ3n) is 9.28. The van der Waals surface area contributed by atoms with E-state index >= 15 is 0 Å². The van der Waals surface area contributed by atoms with E-state index in [-0.39, 0.29) is 12.5 Å². The van der Waals surface area contributed by atoms with E-state index in [1.165, 1.54) is 83.5 Å². The highest BCUT2D eigenvalue weighted by Gasteiger charge is 2.17. The molecule has 0 aliphatic rings. The molecule has 0 fully saturated rings. The van der Waals surface area contributed by atoms with Gasteiger partial charge >= 0.3 is 0 Å². The summed E-state index contributed by atoms with van der Waals surface area (Å²) in [6, 6.07) is -0.662. The van der Waals surface area contributed by atoms with Gasteiger partial charge in [0.1, 0.15) is 0 Å². The Kier molecular flexibility index (Phi) is 41.5. The van der Waals surface area contributed by atoms with Crippen LogP contribution in [0.3, 0.4) is 0 Å². The minimum absolute atomic E-state index is 0.101. The van der Waals surface area contributed by atoms with E-state index in [0.717, 1.165) is 83.5 Å². The number of carbonyl (C=O) groups is 1. The van der Waals surface area contributed by atoms with Crippen LogP contribution >= 0.6 is 0 Å². The molecule has 2 unspecified atom stereocenters. The molecule has 0 spiro atoms. The van der Waals surface area contributed by atoms with E-state index in [4.69, 9.17) is 0 Å². The summed E-state index contributed by atoms with van der Waals surface area (Å²) in [6.07, 6.45) is 65.1. The predicted molar refractivity (Wildman–Crippen MR) is 234 cm³/mol. The standard InChI is InChI=1S/C49H83NO3/c1-3-5-7-9-11-13-15-17-19-21-23-25-27-29-31-33-35-37-39-41-43-45-49(53)50-47(46-51)48(52)44-42-40-38-36-34-32-30-28-26-24-22-20-18-16-14-12-10-8-6-4-2/h5,7,11,13,17,19,23,25-26,28-29,31,34,36,42,44,47-48,51-52H,3-4,6,8-10,12,14-16,18,20-22,24,27,30,32-33,35,37-41,43,45-46H2,1-2H3,(H,50,53)/b7-5-,13-11-,19-17-,25-23-,28-26+,31-29-,36-34+,44-42+. The highest BCUT2D eigenvalue weighted by atomic mass is 16.3. The van der Waals surface area contributed by atoms with Gasteiger partial charge in [-0.25, -0.2) is 0 Å². The number of aliphatic hydroxyl groups excluding tert-OH is 2. The van der Waals surface area contributed by atoms with Gasteiger partial charge in [0.15, 0.2) is 0 Å². The zero-order valence-electron chi connectivity index (χ0n) is 34.5. The van der Waals surface area contributed by atoms with Crippen LogP contribution in [0.15, 0.2) is 97.2 Å². The Balaban J connectivity index is 3.74. The van der Waals surface area contributed by atoms with Crippen LogP contribution in [-0.4, -0.2) is 34.9 Å². The van der Waals surface area contributed by atoms with Crippen molar-refractivity contribution in [2.75, 3.05) is 6.61 Å².